The van der Waals surface area contributed by atoms with Crippen molar-refractivity contribution in [2.45, 2.75) is 51.1 Å². The molecule has 0 aromatic heterocycles. The summed E-state index contributed by atoms with van der Waals surface area (Å²) >= 11 is 0. The molecule has 0 bridgehead atoms. The average molecular weight is 209 g/mol. The highest BCUT2D eigenvalue weighted by Gasteiger charge is 2.26. The Morgan fingerprint density at radius 2 is 2.20 bits per heavy atom. The minimum Gasteiger partial charge on any atom is -0.303 e. The maximum Gasteiger partial charge on any atom is 0.105 e. The first-order valence-electron chi connectivity index (χ1n) is 5.98. The molecule has 15 heavy (non-hydrogen) atoms. The van der Waals surface area contributed by atoms with Crippen LogP contribution in [0.5, 0.6) is 0 Å². The van der Waals surface area contributed by atoms with Crippen LogP contribution >= 0.6 is 0 Å². The normalized spacial score (nSPS) is 20.7. The van der Waals surface area contributed by atoms with Gasteiger partial charge in [0, 0.05) is 12.6 Å². The number of rotatable bonds is 6. The number of nitrogens with one attached hydrogen (secondary N) is 1. The van der Waals surface area contributed by atoms with E-state index in [1.54, 1.807) is 0 Å². The molecule has 0 radical (unpaired) electrons. The molecule has 1 N–H and O–H groups in total. The molecule has 0 heterocycles. The van der Waals surface area contributed by atoms with E-state index in [1.165, 1.54) is 19.3 Å². The molecule has 0 aliphatic heterocycles. The van der Waals surface area contributed by atoms with E-state index in [9.17, 15) is 0 Å². The Kier molecular flexibility index (Phi) is 4.56. The zero-order valence-electron chi connectivity index (χ0n) is 10.2. The lowest BCUT2D eigenvalue weighted by molar-refractivity contribution is 0.149. The van der Waals surface area contributed by atoms with E-state index in [-0.39, 0.29) is 5.54 Å². The molecule has 86 valence electrons. The molecule has 3 heteroatoms. The van der Waals surface area contributed by atoms with Crippen LogP contribution in [0.1, 0.15) is 39.5 Å². The Hall–Kier alpha value is -0.590. The highest BCUT2D eigenvalue weighted by atomic mass is 15.1. The van der Waals surface area contributed by atoms with E-state index in [4.69, 9.17) is 5.26 Å². The van der Waals surface area contributed by atoms with Crippen LogP contribution in [0, 0.1) is 11.3 Å². The summed E-state index contributed by atoms with van der Waals surface area (Å²) < 4.78 is 0. The molecule has 0 amide bonds. The first-order chi connectivity index (χ1) is 7.11. The molecule has 3 nitrogen and oxygen atoms in total. The van der Waals surface area contributed by atoms with Crippen LogP contribution in [0.2, 0.25) is 0 Å². The topological polar surface area (TPSA) is 39.1 Å². The first-order valence-corrected chi connectivity index (χ1v) is 5.98. The predicted molar refractivity (Wildman–Crippen MR) is 62.6 cm³/mol. The van der Waals surface area contributed by atoms with Crippen LogP contribution in [0.4, 0.5) is 0 Å². The summed E-state index contributed by atoms with van der Waals surface area (Å²) in [4.78, 5) is 2.40. The molecule has 0 spiro atoms. The number of hydrogen-bond acceptors (Lipinski definition) is 3. The summed E-state index contributed by atoms with van der Waals surface area (Å²) in [7, 11) is 2.17. The maximum absolute atomic E-state index is 9.11. The summed E-state index contributed by atoms with van der Waals surface area (Å²) in [5.41, 5.74) is -0.354. The van der Waals surface area contributed by atoms with Gasteiger partial charge in [0.1, 0.15) is 5.54 Å². The monoisotopic (exact) mass is 209 g/mol. The molecule has 0 aromatic rings. The molecule has 1 atom stereocenters. The zero-order valence-corrected chi connectivity index (χ0v) is 10.2. The minimum absolute atomic E-state index is 0.354. The summed E-state index contributed by atoms with van der Waals surface area (Å²) in [5.74, 6) is 0. The van der Waals surface area contributed by atoms with Crippen molar-refractivity contribution >= 4 is 0 Å². The van der Waals surface area contributed by atoms with Gasteiger partial charge in [-0.05, 0) is 39.8 Å². The number of hydrogen-bond donors (Lipinski definition) is 1. The Morgan fingerprint density at radius 1 is 1.53 bits per heavy atom. The van der Waals surface area contributed by atoms with Crippen molar-refractivity contribution in [2.24, 2.45) is 0 Å². The molecule has 1 fully saturated rings. The van der Waals surface area contributed by atoms with E-state index >= 15 is 0 Å². The third kappa shape index (κ3) is 3.48. The van der Waals surface area contributed by atoms with Gasteiger partial charge in [-0.25, -0.2) is 0 Å². The minimum atomic E-state index is -0.354. The number of nitrogens with zero attached hydrogens (tertiary/aromatic N) is 2. The van der Waals surface area contributed by atoms with Crippen molar-refractivity contribution in [3.8, 4) is 6.07 Å². The van der Waals surface area contributed by atoms with Crippen molar-refractivity contribution < 1.29 is 0 Å². The highest BCUT2D eigenvalue weighted by molar-refractivity contribution is 5.03. The van der Waals surface area contributed by atoms with Crippen molar-refractivity contribution in [1.82, 2.24) is 10.2 Å². The Morgan fingerprint density at radius 3 is 2.60 bits per heavy atom. The Labute approximate surface area is 93.5 Å². The molecule has 0 aromatic carbocycles. The molecule has 1 saturated carbocycles. The van der Waals surface area contributed by atoms with Gasteiger partial charge in [-0.2, -0.15) is 5.26 Å². The van der Waals surface area contributed by atoms with Gasteiger partial charge in [0.2, 0.25) is 0 Å². The third-order valence-corrected chi connectivity index (χ3v) is 3.48. The fourth-order valence-electron chi connectivity index (χ4n) is 1.98. The van der Waals surface area contributed by atoms with E-state index in [2.05, 4.69) is 23.3 Å². The molecule has 1 aliphatic rings. The predicted octanol–water partition coefficient (Wildman–Crippen LogP) is 1.75. The van der Waals surface area contributed by atoms with Gasteiger partial charge >= 0.3 is 0 Å². The van der Waals surface area contributed by atoms with Crippen LogP contribution in [0.25, 0.3) is 0 Å². The highest BCUT2D eigenvalue weighted by Crippen LogP contribution is 2.24. The second-order valence-corrected chi connectivity index (χ2v) is 4.79. The molecular weight excluding hydrogens is 186 g/mol. The van der Waals surface area contributed by atoms with E-state index in [0.29, 0.717) is 0 Å². The second kappa shape index (κ2) is 5.48. The van der Waals surface area contributed by atoms with E-state index in [0.717, 1.165) is 25.6 Å². The van der Waals surface area contributed by atoms with Gasteiger partial charge in [-0.15, -0.1) is 0 Å². The molecular formula is C12H23N3. The molecule has 1 unspecified atom stereocenters. The van der Waals surface area contributed by atoms with Crippen molar-refractivity contribution in [1.29, 1.82) is 5.26 Å². The SMILES string of the molecule is CCNC(C)(C#N)CCN(C)C1CCC1. The number of nitriles is 1. The van der Waals surface area contributed by atoms with Crippen LogP contribution < -0.4 is 5.32 Å². The smallest absolute Gasteiger partial charge is 0.105 e. The van der Waals surface area contributed by atoms with Gasteiger partial charge < -0.3 is 4.90 Å². The van der Waals surface area contributed by atoms with Crippen LogP contribution in [0.15, 0.2) is 0 Å². The fourth-order valence-corrected chi connectivity index (χ4v) is 1.98. The van der Waals surface area contributed by atoms with Crippen molar-refractivity contribution in [3.05, 3.63) is 0 Å². The van der Waals surface area contributed by atoms with Gasteiger partial charge in [0.25, 0.3) is 0 Å². The molecule has 0 saturated heterocycles. The van der Waals surface area contributed by atoms with Crippen LogP contribution in [0.3, 0.4) is 0 Å². The Balaban J connectivity index is 2.30. The molecule has 1 aliphatic carbocycles. The van der Waals surface area contributed by atoms with Gasteiger partial charge in [-0.3, -0.25) is 5.32 Å². The maximum atomic E-state index is 9.11. The van der Waals surface area contributed by atoms with Crippen LogP contribution in [-0.2, 0) is 0 Å². The first kappa shape index (κ1) is 12.5. The summed E-state index contributed by atoms with van der Waals surface area (Å²) in [5, 5.41) is 12.4. The average Bonchev–Trinajstić information content (AvgIpc) is 2.13. The molecule has 1 rings (SSSR count). The van der Waals surface area contributed by atoms with Gasteiger partial charge in [0.15, 0.2) is 0 Å². The standard InChI is InChI=1S/C12H23N3/c1-4-14-12(2,10-13)8-9-15(3)11-6-5-7-11/h11,14H,4-9H2,1-3H3. The van der Waals surface area contributed by atoms with Crippen LogP contribution in [-0.4, -0.2) is 36.6 Å². The third-order valence-electron chi connectivity index (χ3n) is 3.48. The van der Waals surface area contributed by atoms with E-state index < -0.39 is 0 Å². The zero-order chi connectivity index (χ0) is 11.3. The second-order valence-electron chi connectivity index (χ2n) is 4.79. The summed E-state index contributed by atoms with van der Waals surface area (Å²) in [6.45, 7) is 5.91. The lowest BCUT2D eigenvalue weighted by Gasteiger charge is -2.36. The quantitative estimate of drug-likeness (QED) is 0.724. The lowest BCUT2D eigenvalue weighted by atomic mass is 9.91. The fraction of sp³-hybridized carbons (Fsp3) is 0.917. The van der Waals surface area contributed by atoms with Gasteiger partial charge in [0.05, 0.1) is 6.07 Å². The Bertz CT molecular complexity index is 230. The van der Waals surface area contributed by atoms with Crippen molar-refractivity contribution in [3.63, 3.8) is 0 Å². The largest absolute Gasteiger partial charge is 0.303 e. The summed E-state index contributed by atoms with van der Waals surface area (Å²) in [6, 6.07) is 3.14. The van der Waals surface area contributed by atoms with Crippen molar-refractivity contribution in [2.75, 3.05) is 20.1 Å². The van der Waals surface area contributed by atoms with Gasteiger partial charge in [-0.1, -0.05) is 13.3 Å². The summed E-state index contributed by atoms with van der Waals surface area (Å²) in [6.07, 6.45) is 4.95. The lowest BCUT2D eigenvalue weighted by Crippen LogP contribution is -2.45. The van der Waals surface area contributed by atoms with E-state index in [1.807, 2.05) is 13.8 Å².